The fraction of sp³-hybridized carbons (Fsp3) is 0.273. The van der Waals surface area contributed by atoms with Crippen molar-refractivity contribution >= 4 is 17.2 Å². The van der Waals surface area contributed by atoms with Gasteiger partial charge in [-0.3, -0.25) is 14.5 Å². The quantitative estimate of drug-likeness (QED) is 0.670. The third-order valence-corrected chi connectivity index (χ3v) is 5.13. The Balaban J connectivity index is 1.94. The highest BCUT2D eigenvalue weighted by atomic mass is 16.5. The predicted molar refractivity (Wildman–Crippen MR) is 115 cm³/mol. The Morgan fingerprint density at radius 2 is 1.69 bits per heavy atom. The maximum Gasteiger partial charge on any atom is 0.282 e. The molecule has 150 valence electrons. The lowest BCUT2D eigenvalue weighted by molar-refractivity contribution is 0.393. The van der Waals surface area contributed by atoms with Crippen LogP contribution in [-0.2, 0) is 13.5 Å². The number of aromatic nitrogens is 2. The van der Waals surface area contributed by atoms with Crippen LogP contribution in [0.3, 0.4) is 0 Å². The van der Waals surface area contributed by atoms with Crippen LogP contribution in [0.4, 0.5) is 11.5 Å². The van der Waals surface area contributed by atoms with Gasteiger partial charge in [-0.2, -0.15) is 0 Å². The van der Waals surface area contributed by atoms with Gasteiger partial charge in [0.15, 0.2) is 0 Å². The first-order valence-electron chi connectivity index (χ1n) is 9.33. The summed E-state index contributed by atoms with van der Waals surface area (Å²) >= 11 is 0. The molecule has 0 amide bonds. The summed E-state index contributed by atoms with van der Waals surface area (Å²) < 4.78 is 14.2. The van der Waals surface area contributed by atoms with E-state index in [9.17, 15) is 4.79 Å². The minimum absolute atomic E-state index is 0.127. The molecule has 1 aromatic heterocycles. The molecule has 0 fully saturated rings. The van der Waals surface area contributed by atoms with Gasteiger partial charge < -0.3 is 14.4 Å². The van der Waals surface area contributed by atoms with Crippen LogP contribution in [-0.4, -0.2) is 43.4 Å². The summed E-state index contributed by atoms with van der Waals surface area (Å²) in [4.78, 5) is 20.3. The van der Waals surface area contributed by atoms with Crippen LogP contribution in [0.1, 0.15) is 11.1 Å². The Bertz CT molecular complexity index is 1150. The van der Waals surface area contributed by atoms with Gasteiger partial charge in [0.25, 0.3) is 5.56 Å². The van der Waals surface area contributed by atoms with E-state index in [0.29, 0.717) is 29.2 Å². The van der Waals surface area contributed by atoms with Gasteiger partial charge in [0.05, 0.1) is 31.3 Å². The van der Waals surface area contributed by atoms with Gasteiger partial charge in [0, 0.05) is 45.8 Å². The molecule has 29 heavy (non-hydrogen) atoms. The Morgan fingerprint density at radius 1 is 1.03 bits per heavy atom. The number of rotatable bonds is 5. The molecule has 2 aromatic carbocycles. The molecule has 7 nitrogen and oxygen atoms in total. The summed E-state index contributed by atoms with van der Waals surface area (Å²) in [5.41, 5.74) is 3.98. The first-order chi connectivity index (χ1) is 13.9. The molecule has 4 rings (SSSR count). The average Bonchev–Trinajstić information content (AvgIpc) is 3.25. The van der Waals surface area contributed by atoms with Gasteiger partial charge in [0.1, 0.15) is 22.9 Å². The number of benzene rings is 2. The molecule has 1 aliphatic heterocycles. The van der Waals surface area contributed by atoms with E-state index in [2.05, 4.69) is 6.07 Å². The van der Waals surface area contributed by atoms with Crippen molar-refractivity contribution in [3.63, 3.8) is 0 Å². The summed E-state index contributed by atoms with van der Waals surface area (Å²) in [6.07, 6.45) is 0.637. The molecule has 0 saturated heterocycles. The van der Waals surface area contributed by atoms with E-state index in [1.807, 2.05) is 61.1 Å². The van der Waals surface area contributed by atoms with Crippen molar-refractivity contribution in [3.8, 4) is 17.2 Å². The van der Waals surface area contributed by atoms with Crippen molar-refractivity contribution in [3.05, 3.63) is 63.9 Å². The molecule has 0 unspecified atom stereocenters. The van der Waals surface area contributed by atoms with Gasteiger partial charge in [-0.05, 0) is 11.6 Å². The fourth-order valence-corrected chi connectivity index (χ4v) is 3.84. The first kappa shape index (κ1) is 18.9. The number of hydrogen-bond acceptors (Lipinski definition) is 5. The van der Waals surface area contributed by atoms with Crippen LogP contribution < -0.4 is 19.9 Å². The largest absolute Gasteiger partial charge is 0.497 e. The van der Waals surface area contributed by atoms with Gasteiger partial charge in [-0.1, -0.05) is 18.2 Å². The second-order valence-corrected chi connectivity index (χ2v) is 7.17. The Labute approximate surface area is 169 Å². The molecule has 3 aromatic rings. The SMILES string of the molecule is COc1cc(OC)cc(-n2c(=O)c(C3=Nc4ccccc4C3)c(N(C)C)n2C)c1. The number of hydrogen-bond donors (Lipinski definition) is 0. The van der Waals surface area contributed by atoms with Gasteiger partial charge in [-0.25, -0.2) is 4.68 Å². The third-order valence-electron chi connectivity index (χ3n) is 5.13. The minimum Gasteiger partial charge on any atom is -0.497 e. The van der Waals surface area contributed by atoms with Crippen LogP contribution in [0.2, 0.25) is 0 Å². The maximum absolute atomic E-state index is 13.6. The van der Waals surface area contributed by atoms with E-state index in [1.165, 1.54) is 0 Å². The maximum atomic E-state index is 13.6. The van der Waals surface area contributed by atoms with Crippen molar-refractivity contribution in [1.82, 2.24) is 9.36 Å². The minimum atomic E-state index is -0.127. The lowest BCUT2D eigenvalue weighted by Crippen LogP contribution is -2.23. The van der Waals surface area contributed by atoms with Crippen LogP contribution in [0.25, 0.3) is 5.69 Å². The molecule has 0 saturated carbocycles. The highest BCUT2D eigenvalue weighted by Crippen LogP contribution is 2.31. The summed E-state index contributed by atoms with van der Waals surface area (Å²) in [5.74, 6) is 2.03. The molecule has 0 spiro atoms. The molecule has 0 N–H and O–H groups in total. The van der Waals surface area contributed by atoms with Crippen LogP contribution in [0, 0.1) is 0 Å². The van der Waals surface area contributed by atoms with E-state index >= 15 is 0 Å². The summed E-state index contributed by atoms with van der Waals surface area (Å²) in [5, 5.41) is 0. The number of nitrogens with zero attached hydrogens (tertiary/aromatic N) is 4. The van der Waals surface area contributed by atoms with Crippen LogP contribution in [0.15, 0.2) is 52.3 Å². The lowest BCUT2D eigenvalue weighted by Gasteiger charge is -2.17. The van der Waals surface area contributed by atoms with Crippen molar-refractivity contribution in [2.45, 2.75) is 6.42 Å². The average molecular weight is 392 g/mol. The highest BCUT2D eigenvalue weighted by Gasteiger charge is 2.28. The topological polar surface area (TPSA) is 61.0 Å². The zero-order valence-corrected chi connectivity index (χ0v) is 17.3. The van der Waals surface area contributed by atoms with Crippen LogP contribution >= 0.6 is 0 Å². The van der Waals surface area contributed by atoms with Crippen molar-refractivity contribution in [2.24, 2.45) is 12.0 Å². The molecule has 7 heteroatoms. The standard InChI is InChI=1S/C22H24N4O3/c1-24(2)21-20(19-10-14-8-6-7-9-18(14)23-19)22(27)26(25(21)3)15-11-16(28-4)13-17(12-15)29-5/h6-9,11-13H,10H2,1-5H3. The van der Waals surface area contributed by atoms with Crippen molar-refractivity contribution < 1.29 is 9.47 Å². The monoisotopic (exact) mass is 392 g/mol. The zero-order chi connectivity index (χ0) is 20.7. The smallest absolute Gasteiger partial charge is 0.282 e. The van der Waals surface area contributed by atoms with Crippen molar-refractivity contribution in [1.29, 1.82) is 0 Å². The van der Waals surface area contributed by atoms with Crippen molar-refractivity contribution in [2.75, 3.05) is 33.2 Å². The highest BCUT2D eigenvalue weighted by molar-refractivity contribution is 6.09. The second-order valence-electron chi connectivity index (χ2n) is 7.17. The zero-order valence-electron chi connectivity index (χ0n) is 17.3. The molecule has 2 heterocycles. The number of fused-ring (bicyclic) bond motifs is 1. The molecular formula is C22H24N4O3. The fourth-order valence-electron chi connectivity index (χ4n) is 3.84. The molecule has 0 atom stereocenters. The van der Waals surface area contributed by atoms with Crippen LogP contribution in [0.5, 0.6) is 11.5 Å². The van der Waals surface area contributed by atoms with Gasteiger partial charge in [0.2, 0.25) is 0 Å². The van der Waals surface area contributed by atoms with E-state index in [0.717, 1.165) is 22.8 Å². The Morgan fingerprint density at radius 3 is 2.28 bits per heavy atom. The molecule has 1 aliphatic rings. The van der Waals surface area contributed by atoms with E-state index in [4.69, 9.17) is 14.5 Å². The Kier molecular flexibility index (Phi) is 4.66. The molecule has 0 bridgehead atoms. The molecular weight excluding hydrogens is 368 g/mol. The molecule has 0 radical (unpaired) electrons. The van der Waals surface area contributed by atoms with E-state index in [1.54, 1.807) is 25.0 Å². The number of anilines is 1. The summed E-state index contributed by atoms with van der Waals surface area (Å²) in [7, 11) is 8.91. The molecule has 0 aliphatic carbocycles. The Hall–Kier alpha value is -3.48. The number of ether oxygens (including phenoxy) is 2. The number of methoxy groups -OCH3 is 2. The van der Waals surface area contributed by atoms with E-state index < -0.39 is 0 Å². The lowest BCUT2D eigenvalue weighted by atomic mass is 10.1. The summed E-state index contributed by atoms with van der Waals surface area (Å²) in [6, 6.07) is 13.4. The number of para-hydroxylation sites is 1. The predicted octanol–water partition coefficient (Wildman–Crippen LogP) is 2.94. The third kappa shape index (κ3) is 3.08. The van der Waals surface area contributed by atoms with Gasteiger partial charge in [-0.15, -0.1) is 0 Å². The van der Waals surface area contributed by atoms with Gasteiger partial charge >= 0.3 is 0 Å². The normalized spacial score (nSPS) is 12.5. The van der Waals surface area contributed by atoms with E-state index in [-0.39, 0.29) is 5.56 Å². The second kappa shape index (κ2) is 7.16. The number of aliphatic imine (C=N–C) groups is 1. The summed E-state index contributed by atoms with van der Waals surface area (Å²) in [6.45, 7) is 0. The first-order valence-corrected chi connectivity index (χ1v) is 9.33.